The third kappa shape index (κ3) is 2.54. The molecule has 0 spiro atoms. The number of hydrogen-bond acceptors (Lipinski definition) is 3. The second-order valence-electron chi connectivity index (χ2n) is 3.22. The van der Waals surface area contributed by atoms with Gasteiger partial charge in [-0.3, -0.25) is 9.78 Å². The first kappa shape index (κ1) is 8.23. The van der Waals surface area contributed by atoms with E-state index in [2.05, 4.69) is 4.98 Å². The summed E-state index contributed by atoms with van der Waals surface area (Å²) >= 11 is 0. The molecule has 0 atom stereocenters. The quantitative estimate of drug-likeness (QED) is 0.654. The maximum atomic E-state index is 11.2. The minimum atomic E-state index is -0.131. The molecule has 2 rings (SSSR count). The molecule has 1 aliphatic rings. The van der Waals surface area contributed by atoms with Crippen LogP contribution in [0.4, 0.5) is 0 Å². The molecule has 1 aliphatic carbocycles. The van der Waals surface area contributed by atoms with Gasteiger partial charge in [0, 0.05) is 12.4 Å². The maximum Gasteiger partial charge on any atom is 0.310 e. The third-order valence-corrected chi connectivity index (χ3v) is 1.92. The fraction of sp³-hybridized carbons (Fsp3) is 0.400. The van der Waals surface area contributed by atoms with Gasteiger partial charge in [-0.05, 0) is 30.5 Å². The normalized spacial score (nSPS) is 15.4. The van der Waals surface area contributed by atoms with E-state index in [0.29, 0.717) is 6.42 Å². The molecule has 0 N–H and O–H groups in total. The van der Waals surface area contributed by atoms with Crippen molar-refractivity contribution >= 4 is 5.97 Å². The first-order chi connectivity index (χ1) is 6.34. The smallest absolute Gasteiger partial charge is 0.310 e. The predicted molar refractivity (Wildman–Crippen MR) is 47.1 cm³/mol. The van der Waals surface area contributed by atoms with Crippen molar-refractivity contribution in [3.8, 4) is 0 Å². The zero-order valence-corrected chi connectivity index (χ0v) is 7.27. The van der Waals surface area contributed by atoms with Crippen molar-refractivity contribution in [2.24, 2.45) is 0 Å². The molecule has 0 aromatic carbocycles. The van der Waals surface area contributed by atoms with Crippen LogP contribution in [0, 0.1) is 0 Å². The molecule has 1 saturated carbocycles. The molecule has 3 nitrogen and oxygen atoms in total. The van der Waals surface area contributed by atoms with Gasteiger partial charge in [0.05, 0.1) is 6.42 Å². The summed E-state index contributed by atoms with van der Waals surface area (Å²) in [7, 11) is 0. The molecule has 0 bridgehead atoms. The van der Waals surface area contributed by atoms with E-state index in [4.69, 9.17) is 4.74 Å². The lowest BCUT2D eigenvalue weighted by Crippen LogP contribution is -2.09. The summed E-state index contributed by atoms with van der Waals surface area (Å²) in [4.78, 5) is 15.1. The van der Waals surface area contributed by atoms with Gasteiger partial charge in [-0.2, -0.15) is 0 Å². The SMILES string of the molecule is O=C(Cc1ccncc1)OC1CC1. The van der Waals surface area contributed by atoms with E-state index in [9.17, 15) is 4.79 Å². The number of carbonyl (C=O) groups is 1. The Morgan fingerprint density at radius 3 is 2.77 bits per heavy atom. The highest BCUT2D eigenvalue weighted by atomic mass is 16.5. The highest BCUT2D eigenvalue weighted by molar-refractivity contribution is 5.72. The van der Waals surface area contributed by atoms with Gasteiger partial charge in [0.1, 0.15) is 6.10 Å². The zero-order chi connectivity index (χ0) is 9.10. The summed E-state index contributed by atoms with van der Waals surface area (Å²) in [5, 5.41) is 0. The van der Waals surface area contributed by atoms with Crippen LogP contribution in [0.5, 0.6) is 0 Å². The number of hydrogen-bond donors (Lipinski definition) is 0. The molecule has 0 aliphatic heterocycles. The van der Waals surface area contributed by atoms with Crippen LogP contribution in [0.2, 0.25) is 0 Å². The van der Waals surface area contributed by atoms with Crippen LogP contribution in [0.15, 0.2) is 24.5 Å². The van der Waals surface area contributed by atoms with Crippen LogP contribution < -0.4 is 0 Å². The second kappa shape index (κ2) is 3.56. The molecule has 1 aromatic heterocycles. The van der Waals surface area contributed by atoms with Crippen molar-refractivity contribution in [2.45, 2.75) is 25.4 Å². The molecule has 3 heteroatoms. The highest BCUT2D eigenvalue weighted by Gasteiger charge is 2.25. The van der Waals surface area contributed by atoms with Crippen molar-refractivity contribution < 1.29 is 9.53 Å². The second-order valence-corrected chi connectivity index (χ2v) is 3.22. The fourth-order valence-electron chi connectivity index (χ4n) is 1.08. The van der Waals surface area contributed by atoms with Gasteiger partial charge in [-0.1, -0.05) is 0 Å². The van der Waals surface area contributed by atoms with Crippen LogP contribution in [-0.4, -0.2) is 17.1 Å². The van der Waals surface area contributed by atoms with E-state index in [0.717, 1.165) is 18.4 Å². The summed E-state index contributed by atoms with van der Waals surface area (Å²) in [5.74, 6) is -0.131. The Balaban J connectivity index is 1.86. The molecule has 1 heterocycles. The van der Waals surface area contributed by atoms with Crippen molar-refractivity contribution in [3.05, 3.63) is 30.1 Å². The molecule has 0 saturated heterocycles. The topological polar surface area (TPSA) is 39.2 Å². The Morgan fingerprint density at radius 2 is 2.15 bits per heavy atom. The van der Waals surface area contributed by atoms with E-state index in [1.165, 1.54) is 0 Å². The lowest BCUT2D eigenvalue weighted by Gasteiger charge is -2.01. The van der Waals surface area contributed by atoms with Crippen molar-refractivity contribution in [1.29, 1.82) is 0 Å². The number of nitrogens with zero attached hydrogens (tertiary/aromatic N) is 1. The summed E-state index contributed by atoms with van der Waals surface area (Å²) in [6.45, 7) is 0. The van der Waals surface area contributed by atoms with Crippen LogP contribution in [-0.2, 0) is 16.0 Å². The first-order valence-electron chi connectivity index (χ1n) is 4.43. The maximum absolute atomic E-state index is 11.2. The Bertz CT molecular complexity index is 293. The molecule has 0 unspecified atom stereocenters. The molecule has 13 heavy (non-hydrogen) atoms. The monoisotopic (exact) mass is 177 g/mol. The molecule has 0 amide bonds. The van der Waals surface area contributed by atoms with E-state index in [1.807, 2.05) is 12.1 Å². The van der Waals surface area contributed by atoms with Gasteiger partial charge in [-0.15, -0.1) is 0 Å². The molecular formula is C10H11NO2. The Kier molecular flexibility index (Phi) is 2.25. The lowest BCUT2D eigenvalue weighted by molar-refractivity contribution is -0.144. The molecular weight excluding hydrogens is 166 g/mol. The van der Waals surface area contributed by atoms with Crippen molar-refractivity contribution in [1.82, 2.24) is 4.98 Å². The molecule has 1 fully saturated rings. The van der Waals surface area contributed by atoms with Gasteiger partial charge in [0.25, 0.3) is 0 Å². The van der Waals surface area contributed by atoms with Gasteiger partial charge >= 0.3 is 5.97 Å². The summed E-state index contributed by atoms with van der Waals surface area (Å²) in [6, 6.07) is 3.66. The highest BCUT2D eigenvalue weighted by Crippen LogP contribution is 2.23. The summed E-state index contributed by atoms with van der Waals surface area (Å²) in [6.07, 6.45) is 5.98. The molecule has 1 aromatic rings. The van der Waals surface area contributed by atoms with Gasteiger partial charge in [0.2, 0.25) is 0 Å². The number of ether oxygens (including phenoxy) is 1. The van der Waals surface area contributed by atoms with Crippen molar-refractivity contribution in [2.75, 3.05) is 0 Å². The Hall–Kier alpha value is -1.38. The van der Waals surface area contributed by atoms with E-state index < -0.39 is 0 Å². The standard InChI is InChI=1S/C10H11NO2/c12-10(13-9-1-2-9)7-8-3-5-11-6-4-8/h3-6,9H,1-2,7H2. The fourth-order valence-corrected chi connectivity index (χ4v) is 1.08. The Labute approximate surface area is 76.7 Å². The molecule has 0 radical (unpaired) electrons. The lowest BCUT2D eigenvalue weighted by atomic mass is 10.2. The largest absolute Gasteiger partial charge is 0.462 e. The van der Waals surface area contributed by atoms with Crippen LogP contribution >= 0.6 is 0 Å². The number of pyridine rings is 1. The number of esters is 1. The van der Waals surface area contributed by atoms with Crippen LogP contribution in [0.25, 0.3) is 0 Å². The van der Waals surface area contributed by atoms with E-state index in [1.54, 1.807) is 12.4 Å². The number of rotatable bonds is 3. The minimum Gasteiger partial charge on any atom is -0.462 e. The number of carbonyl (C=O) groups excluding carboxylic acids is 1. The molecule has 68 valence electrons. The summed E-state index contributed by atoms with van der Waals surface area (Å²) < 4.78 is 5.11. The van der Waals surface area contributed by atoms with Gasteiger partial charge in [0.15, 0.2) is 0 Å². The van der Waals surface area contributed by atoms with E-state index >= 15 is 0 Å². The third-order valence-electron chi connectivity index (χ3n) is 1.92. The average Bonchev–Trinajstić information content (AvgIpc) is 2.90. The van der Waals surface area contributed by atoms with Gasteiger partial charge in [-0.25, -0.2) is 0 Å². The minimum absolute atomic E-state index is 0.131. The summed E-state index contributed by atoms with van der Waals surface area (Å²) in [5.41, 5.74) is 0.959. The van der Waals surface area contributed by atoms with Gasteiger partial charge < -0.3 is 4.74 Å². The first-order valence-corrected chi connectivity index (χ1v) is 4.43. The average molecular weight is 177 g/mol. The Morgan fingerprint density at radius 1 is 1.46 bits per heavy atom. The van der Waals surface area contributed by atoms with E-state index in [-0.39, 0.29) is 12.1 Å². The van der Waals surface area contributed by atoms with Crippen LogP contribution in [0.3, 0.4) is 0 Å². The van der Waals surface area contributed by atoms with Crippen LogP contribution in [0.1, 0.15) is 18.4 Å². The number of aromatic nitrogens is 1. The predicted octanol–water partition coefficient (Wildman–Crippen LogP) is 1.33. The van der Waals surface area contributed by atoms with Crippen molar-refractivity contribution in [3.63, 3.8) is 0 Å². The zero-order valence-electron chi connectivity index (χ0n) is 7.27.